The van der Waals surface area contributed by atoms with Gasteiger partial charge in [-0.05, 0) is 17.4 Å². The Morgan fingerprint density at radius 3 is 2.86 bits per heavy atom. The van der Waals surface area contributed by atoms with Crippen LogP contribution in [0.4, 0.5) is 4.79 Å². The topological polar surface area (TPSA) is 73.1 Å². The van der Waals surface area contributed by atoms with Gasteiger partial charge < -0.3 is 9.64 Å². The predicted molar refractivity (Wildman–Crippen MR) is 47.3 cm³/mol. The molecule has 0 fully saturated rings. The van der Waals surface area contributed by atoms with Gasteiger partial charge in [0.15, 0.2) is 5.82 Å². The second-order valence-electron chi connectivity index (χ2n) is 2.77. The third-order valence-electron chi connectivity index (χ3n) is 1.67. The Balaban J connectivity index is 2.52. The molecule has 0 aromatic carbocycles. The summed E-state index contributed by atoms with van der Waals surface area (Å²) in [6.45, 7) is 2.46. The normalized spacial score (nSPS) is 9.93. The van der Waals surface area contributed by atoms with Gasteiger partial charge in [0, 0.05) is 14.1 Å². The highest BCUT2D eigenvalue weighted by Crippen LogP contribution is 1.98. The van der Waals surface area contributed by atoms with Crippen molar-refractivity contribution in [1.29, 1.82) is 0 Å². The van der Waals surface area contributed by atoms with Gasteiger partial charge in [0.1, 0.15) is 0 Å². The molecule has 1 rings (SSSR count). The summed E-state index contributed by atoms with van der Waals surface area (Å²) >= 11 is 0. The Bertz CT molecular complexity index is 311. The quantitative estimate of drug-likeness (QED) is 0.674. The van der Waals surface area contributed by atoms with Gasteiger partial charge in [0.2, 0.25) is 0 Å². The summed E-state index contributed by atoms with van der Waals surface area (Å²) in [5.41, 5.74) is 0. The highest BCUT2D eigenvalue weighted by molar-refractivity contribution is 5.66. The van der Waals surface area contributed by atoms with E-state index >= 15 is 0 Å². The molecule has 0 N–H and O–H groups in total. The fourth-order valence-electron chi connectivity index (χ4n) is 0.892. The number of tetrazole rings is 1. The van der Waals surface area contributed by atoms with Crippen LogP contribution in [0, 0.1) is 0 Å². The van der Waals surface area contributed by atoms with E-state index in [-0.39, 0.29) is 6.09 Å². The summed E-state index contributed by atoms with van der Waals surface area (Å²) in [5.74, 6) is 0.612. The fourth-order valence-corrected chi connectivity index (χ4v) is 0.892. The fraction of sp³-hybridized carbons (Fsp3) is 0.714. The van der Waals surface area contributed by atoms with Crippen LogP contribution in [0.1, 0.15) is 12.7 Å². The number of nitrogens with zero attached hydrogens (tertiary/aromatic N) is 5. The number of carbonyl (C=O) groups excluding carboxylic acids is 1. The van der Waals surface area contributed by atoms with E-state index in [0.29, 0.717) is 19.0 Å². The number of hydrogen-bond donors (Lipinski definition) is 0. The van der Waals surface area contributed by atoms with Crippen LogP contribution in [0.5, 0.6) is 0 Å². The summed E-state index contributed by atoms with van der Waals surface area (Å²) in [7, 11) is 3.35. The second kappa shape index (κ2) is 4.54. The summed E-state index contributed by atoms with van der Waals surface area (Å²) in [6.07, 6.45) is -0.379. The van der Waals surface area contributed by atoms with Crippen LogP contribution in [0.25, 0.3) is 0 Å². The van der Waals surface area contributed by atoms with Crippen molar-refractivity contribution in [3.05, 3.63) is 5.82 Å². The molecule has 1 heterocycles. The van der Waals surface area contributed by atoms with Gasteiger partial charge in [-0.25, -0.2) is 9.48 Å². The van der Waals surface area contributed by atoms with E-state index in [2.05, 4.69) is 15.5 Å². The van der Waals surface area contributed by atoms with Gasteiger partial charge in [-0.15, -0.1) is 5.10 Å². The Hall–Kier alpha value is -1.66. The lowest BCUT2D eigenvalue weighted by Crippen LogP contribution is -2.28. The van der Waals surface area contributed by atoms with Crippen molar-refractivity contribution in [2.45, 2.75) is 13.5 Å². The van der Waals surface area contributed by atoms with Gasteiger partial charge in [0.25, 0.3) is 0 Å². The minimum Gasteiger partial charge on any atom is -0.450 e. The van der Waals surface area contributed by atoms with E-state index in [4.69, 9.17) is 4.74 Å². The number of ether oxygens (including phenoxy) is 1. The average Bonchev–Trinajstić information content (AvgIpc) is 2.52. The number of amides is 1. The molecule has 7 heteroatoms. The molecule has 0 atom stereocenters. The lowest BCUT2D eigenvalue weighted by Gasteiger charge is -2.14. The number of carbonyl (C=O) groups is 1. The molecule has 0 spiro atoms. The maximum Gasteiger partial charge on any atom is 0.409 e. The average molecular weight is 199 g/mol. The summed E-state index contributed by atoms with van der Waals surface area (Å²) in [6, 6.07) is 0. The maximum absolute atomic E-state index is 11.2. The van der Waals surface area contributed by atoms with Crippen molar-refractivity contribution in [2.24, 2.45) is 7.05 Å². The third-order valence-corrected chi connectivity index (χ3v) is 1.67. The largest absolute Gasteiger partial charge is 0.450 e. The molecule has 78 valence electrons. The van der Waals surface area contributed by atoms with Gasteiger partial charge in [0.05, 0.1) is 13.2 Å². The van der Waals surface area contributed by atoms with Gasteiger partial charge in [-0.3, -0.25) is 0 Å². The maximum atomic E-state index is 11.2. The van der Waals surface area contributed by atoms with E-state index in [9.17, 15) is 4.79 Å². The first-order valence-corrected chi connectivity index (χ1v) is 4.24. The van der Waals surface area contributed by atoms with Crippen molar-refractivity contribution >= 4 is 6.09 Å². The smallest absolute Gasteiger partial charge is 0.409 e. The van der Waals surface area contributed by atoms with E-state index in [1.807, 2.05) is 0 Å². The minimum absolute atomic E-state index is 0.336. The Morgan fingerprint density at radius 1 is 1.64 bits per heavy atom. The predicted octanol–water partition coefficient (Wildman–Crippen LogP) is -0.202. The van der Waals surface area contributed by atoms with Crippen molar-refractivity contribution < 1.29 is 9.53 Å². The molecule has 0 radical (unpaired) electrons. The van der Waals surface area contributed by atoms with E-state index in [0.717, 1.165) is 0 Å². The van der Waals surface area contributed by atoms with Crippen LogP contribution in [0.15, 0.2) is 0 Å². The minimum atomic E-state index is -0.379. The van der Waals surface area contributed by atoms with Crippen molar-refractivity contribution in [3.8, 4) is 0 Å². The van der Waals surface area contributed by atoms with Crippen LogP contribution >= 0.6 is 0 Å². The molecule has 0 bridgehead atoms. The molecule has 7 nitrogen and oxygen atoms in total. The van der Waals surface area contributed by atoms with Crippen molar-refractivity contribution in [2.75, 3.05) is 13.7 Å². The van der Waals surface area contributed by atoms with E-state index in [1.54, 1.807) is 21.0 Å². The third kappa shape index (κ3) is 2.41. The van der Waals surface area contributed by atoms with Gasteiger partial charge >= 0.3 is 6.09 Å². The Morgan fingerprint density at radius 2 is 2.36 bits per heavy atom. The van der Waals surface area contributed by atoms with Crippen molar-refractivity contribution in [1.82, 2.24) is 25.1 Å². The number of rotatable bonds is 3. The van der Waals surface area contributed by atoms with Crippen LogP contribution in [0.2, 0.25) is 0 Å². The monoisotopic (exact) mass is 199 g/mol. The molecule has 0 saturated carbocycles. The zero-order valence-electron chi connectivity index (χ0n) is 8.47. The molecule has 0 aliphatic rings. The highest BCUT2D eigenvalue weighted by atomic mass is 16.5. The van der Waals surface area contributed by atoms with Crippen LogP contribution in [-0.2, 0) is 18.3 Å². The number of aryl methyl sites for hydroxylation is 1. The molecule has 0 aliphatic carbocycles. The number of hydrogen-bond acceptors (Lipinski definition) is 5. The molecule has 1 aromatic rings. The number of aromatic nitrogens is 4. The van der Waals surface area contributed by atoms with E-state index < -0.39 is 0 Å². The van der Waals surface area contributed by atoms with Gasteiger partial charge in [-0.2, -0.15) is 0 Å². The lowest BCUT2D eigenvalue weighted by atomic mass is 10.5. The molecule has 0 saturated heterocycles. The molecule has 0 unspecified atom stereocenters. The second-order valence-corrected chi connectivity index (χ2v) is 2.77. The summed E-state index contributed by atoms with van der Waals surface area (Å²) in [5, 5.41) is 10.9. The molecule has 1 amide bonds. The zero-order valence-corrected chi connectivity index (χ0v) is 8.47. The molecular weight excluding hydrogens is 186 g/mol. The van der Waals surface area contributed by atoms with E-state index in [1.165, 1.54) is 9.58 Å². The first kappa shape index (κ1) is 10.4. The Kier molecular flexibility index (Phi) is 3.38. The standard InChI is InChI=1S/C7H13N5O2/c1-4-14-7(13)11(2)5-6-8-9-10-12(6)3/h4-5H2,1-3H3. The molecule has 14 heavy (non-hydrogen) atoms. The highest BCUT2D eigenvalue weighted by Gasteiger charge is 2.12. The summed E-state index contributed by atoms with van der Waals surface area (Å²) < 4.78 is 6.31. The van der Waals surface area contributed by atoms with Crippen LogP contribution in [-0.4, -0.2) is 44.9 Å². The van der Waals surface area contributed by atoms with Gasteiger partial charge in [-0.1, -0.05) is 0 Å². The summed E-state index contributed by atoms with van der Waals surface area (Å²) in [4.78, 5) is 12.6. The zero-order chi connectivity index (χ0) is 10.6. The molecule has 0 aliphatic heterocycles. The lowest BCUT2D eigenvalue weighted by molar-refractivity contribution is 0.113. The molecule has 1 aromatic heterocycles. The van der Waals surface area contributed by atoms with Crippen LogP contribution < -0.4 is 0 Å². The Labute approximate surface area is 81.6 Å². The van der Waals surface area contributed by atoms with Crippen LogP contribution in [0.3, 0.4) is 0 Å². The van der Waals surface area contributed by atoms with Crippen molar-refractivity contribution in [3.63, 3.8) is 0 Å². The first-order chi connectivity index (χ1) is 6.65. The molecular formula is C7H13N5O2. The first-order valence-electron chi connectivity index (χ1n) is 4.24. The SMILES string of the molecule is CCOC(=O)N(C)Cc1nnnn1C.